The predicted molar refractivity (Wildman–Crippen MR) is 83.0 cm³/mol. The molecule has 1 heterocycles. The third-order valence-corrected chi connectivity index (χ3v) is 3.32. The van der Waals surface area contributed by atoms with Crippen LogP contribution in [-0.4, -0.2) is 4.98 Å². The molecule has 1 aromatic heterocycles. The van der Waals surface area contributed by atoms with Gasteiger partial charge in [-0.2, -0.15) is 5.26 Å². The fraction of sp³-hybridized carbons (Fsp3) is 0.333. The average molecular weight is 298 g/mol. The first-order valence-electron chi connectivity index (χ1n) is 7.30. The molecule has 0 spiro atoms. The summed E-state index contributed by atoms with van der Waals surface area (Å²) in [4.78, 5) is 4.35. The van der Waals surface area contributed by atoms with E-state index in [1.165, 1.54) is 0 Å². The Morgan fingerprint density at radius 1 is 1.27 bits per heavy atom. The molecule has 0 radical (unpaired) electrons. The van der Waals surface area contributed by atoms with Crippen LogP contribution in [0.2, 0.25) is 0 Å². The average Bonchev–Trinajstić information content (AvgIpc) is 2.54. The molecule has 2 aromatic rings. The van der Waals surface area contributed by atoms with E-state index in [0.717, 1.165) is 12.1 Å². The fourth-order valence-corrected chi connectivity index (χ4v) is 2.25. The minimum absolute atomic E-state index is 0.193. The van der Waals surface area contributed by atoms with E-state index in [4.69, 9.17) is 10.00 Å². The van der Waals surface area contributed by atoms with Gasteiger partial charge in [-0.15, -0.1) is 0 Å². The lowest BCUT2D eigenvalue weighted by Gasteiger charge is -2.21. The van der Waals surface area contributed by atoms with Gasteiger partial charge >= 0.3 is 0 Å². The minimum atomic E-state index is -0.682. The molecule has 0 saturated heterocycles. The Balaban J connectivity index is 2.26. The summed E-state index contributed by atoms with van der Waals surface area (Å²) in [5.74, 6) is 0.994. The maximum atomic E-state index is 13.0. The normalized spacial score (nSPS) is 12.0. The zero-order chi connectivity index (χ0) is 15.9. The summed E-state index contributed by atoms with van der Waals surface area (Å²) in [6.07, 6.45) is 2.35. The lowest BCUT2D eigenvalue weighted by molar-refractivity contribution is 0.172. The largest absolute Gasteiger partial charge is 0.484 e. The van der Waals surface area contributed by atoms with Gasteiger partial charge in [0.2, 0.25) is 0 Å². The molecule has 1 atom stereocenters. The molecule has 0 aliphatic heterocycles. The lowest BCUT2D eigenvalue weighted by atomic mass is 10.0. The predicted octanol–water partition coefficient (Wildman–Crippen LogP) is 4.59. The molecule has 0 aliphatic rings. The minimum Gasteiger partial charge on any atom is -0.484 e. The number of rotatable bonds is 6. The number of nitriles is 1. The molecule has 4 heteroatoms. The van der Waals surface area contributed by atoms with E-state index in [-0.39, 0.29) is 6.10 Å². The topological polar surface area (TPSA) is 45.9 Å². The van der Waals surface area contributed by atoms with Crippen LogP contribution in [0.4, 0.5) is 4.39 Å². The second-order valence-electron chi connectivity index (χ2n) is 5.56. The molecule has 0 saturated carbocycles. The van der Waals surface area contributed by atoms with Crippen molar-refractivity contribution in [2.75, 3.05) is 0 Å². The van der Waals surface area contributed by atoms with Crippen molar-refractivity contribution >= 4 is 0 Å². The van der Waals surface area contributed by atoms with Gasteiger partial charge in [-0.1, -0.05) is 19.9 Å². The Kier molecular flexibility index (Phi) is 5.48. The Labute approximate surface area is 130 Å². The quantitative estimate of drug-likeness (QED) is 0.783. The number of hydrogen-bond donors (Lipinski definition) is 0. The molecular weight excluding hydrogens is 279 g/mol. The van der Waals surface area contributed by atoms with Crippen LogP contribution < -0.4 is 4.74 Å². The third kappa shape index (κ3) is 4.05. The molecular formula is C18H19FN2O. The number of nitrogens with zero attached hydrogens (tertiary/aromatic N) is 2. The van der Waals surface area contributed by atoms with Crippen LogP contribution in [0.1, 0.15) is 43.2 Å². The van der Waals surface area contributed by atoms with Gasteiger partial charge in [0, 0.05) is 11.8 Å². The number of benzene rings is 1. The smallest absolute Gasteiger partial charge is 0.141 e. The van der Waals surface area contributed by atoms with Crippen LogP contribution in [0.25, 0.3) is 0 Å². The first-order valence-corrected chi connectivity index (χ1v) is 7.30. The summed E-state index contributed by atoms with van der Waals surface area (Å²) in [5, 5.41) is 8.95. The molecule has 2 rings (SSSR count). The van der Waals surface area contributed by atoms with Gasteiger partial charge in [-0.25, -0.2) is 4.39 Å². The van der Waals surface area contributed by atoms with Gasteiger partial charge in [-0.3, -0.25) is 4.98 Å². The van der Waals surface area contributed by atoms with Crippen LogP contribution in [0.15, 0.2) is 42.6 Å². The molecule has 0 fully saturated rings. The number of ether oxygens (including phenoxy) is 1. The SMILES string of the molecule is CC(C)CC(Oc1ccc(C#N)c(CF)c1)c1ccccn1. The molecule has 1 aromatic carbocycles. The Morgan fingerprint density at radius 3 is 2.68 bits per heavy atom. The number of alkyl halides is 1. The monoisotopic (exact) mass is 298 g/mol. The molecule has 114 valence electrons. The Hall–Kier alpha value is -2.41. The molecule has 0 amide bonds. The highest BCUT2D eigenvalue weighted by Crippen LogP contribution is 2.28. The summed E-state index contributed by atoms with van der Waals surface area (Å²) in [6, 6.07) is 12.6. The highest BCUT2D eigenvalue weighted by Gasteiger charge is 2.17. The molecule has 1 unspecified atom stereocenters. The van der Waals surface area contributed by atoms with Crippen LogP contribution in [0, 0.1) is 17.2 Å². The molecule has 0 aliphatic carbocycles. The lowest BCUT2D eigenvalue weighted by Crippen LogP contribution is -2.12. The maximum Gasteiger partial charge on any atom is 0.141 e. The van der Waals surface area contributed by atoms with Gasteiger partial charge in [0.1, 0.15) is 18.5 Å². The second-order valence-corrected chi connectivity index (χ2v) is 5.56. The molecule has 3 nitrogen and oxygen atoms in total. The van der Waals surface area contributed by atoms with Crippen molar-refractivity contribution in [3.8, 4) is 11.8 Å². The van der Waals surface area contributed by atoms with Crippen molar-refractivity contribution in [3.05, 3.63) is 59.4 Å². The summed E-state index contributed by atoms with van der Waals surface area (Å²) in [5.41, 5.74) is 1.54. The van der Waals surface area contributed by atoms with E-state index in [9.17, 15) is 4.39 Å². The highest BCUT2D eigenvalue weighted by atomic mass is 19.1. The van der Waals surface area contributed by atoms with E-state index >= 15 is 0 Å². The second kappa shape index (κ2) is 7.56. The summed E-state index contributed by atoms with van der Waals surface area (Å²) < 4.78 is 19.0. The number of pyridine rings is 1. The van der Waals surface area contributed by atoms with E-state index < -0.39 is 6.67 Å². The van der Waals surface area contributed by atoms with Gasteiger partial charge < -0.3 is 4.74 Å². The fourth-order valence-electron chi connectivity index (χ4n) is 2.25. The zero-order valence-electron chi connectivity index (χ0n) is 12.8. The number of hydrogen-bond acceptors (Lipinski definition) is 3. The van der Waals surface area contributed by atoms with Gasteiger partial charge in [-0.05, 0) is 42.7 Å². The zero-order valence-corrected chi connectivity index (χ0v) is 12.8. The van der Waals surface area contributed by atoms with Crippen LogP contribution in [0.5, 0.6) is 5.75 Å². The van der Waals surface area contributed by atoms with Gasteiger partial charge in [0.15, 0.2) is 0 Å². The van der Waals surface area contributed by atoms with Crippen molar-refractivity contribution in [1.82, 2.24) is 4.98 Å². The van der Waals surface area contributed by atoms with E-state index in [1.807, 2.05) is 24.3 Å². The van der Waals surface area contributed by atoms with Gasteiger partial charge in [0.05, 0.1) is 17.3 Å². The van der Waals surface area contributed by atoms with Crippen molar-refractivity contribution < 1.29 is 9.13 Å². The summed E-state index contributed by atoms with van der Waals surface area (Å²) in [6.45, 7) is 3.55. The first-order chi connectivity index (χ1) is 10.6. The highest BCUT2D eigenvalue weighted by molar-refractivity contribution is 5.42. The van der Waals surface area contributed by atoms with Crippen LogP contribution in [0.3, 0.4) is 0 Å². The van der Waals surface area contributed by atoms with E-state index in [1.54, 1.807) is 24.4 Å². The number of halogens is 1. The van der Waals surface area contributed by atoms with Crippen molar-refractivity contribution in [2.45, 2.75) is 33.0 Å². The van der Waals surface area contributed by atoms with Gasteiger partial charge in [0.25, 0.3) is 0 Å². The van der Waals surface area contributed by atoms with Crippen LogP contribution >= 0.6 is 0 Å². The Bertz CT molecular complexity index is 650. The van der Waals surface area contributed by atoms with Crippen molar-refractivity contribution in [3.63, 3.8) is 0 Å². The third-order valence-electron chi connectivity index (χ3n) is 3.32. The molecule has 0 N–H and O–H groups in total. The standard InChI is InChI=1S/C18H19FN2O/c1-13(2)9-18(17-5-3-4-8-21-17)22-16-7-6-14(12-20)15(10-16)11-19/h3-8,10,13,18H,9,11H2,1-2H3. The summed E-state index contributed by atoms with van der Waals surface area (Å²) in [7, 11) is 0. The van der Waals surface area contributed by atoms with Crippen LogP contribution in [-0.2, 0) is 6.67 Å². The van der Waals surface area contributed by atoms with E-state index in [2.05, 4.69) is 18.8 Å². The number of aromatic nitrogens is 1. The van der Waals surface area contributed by atoms with Crippen molar-refractivity contribution in [1.29, 1.82) is 5.26 Å². The molecule has 22 heavy (non-hydrogen) atoms. The van der Waals surface area contributed by atoms with Crippen molar-refractivity contribution in [2.24, 2.45) is 5.92 Å². The summed E-state index contributed by atoms with van der Waals surface area (Å²) >= 11 is 0. The first kappa shape index (κ1) is 16.0. The maximum absolute atomic E-state index is 13.0. The van der Waals surface area contributed by atoms with E-state index in [0.29, 0.717) is 22.8 Å². The Morgan fingerprint density at radius 2 is 2.09 bits per heavy atom. The molecule has 0 bridgehead atoms.